The van der Waals surface area contributed by atoms with Gasteiger partial charge in [-0.25, -0.2) is 4.98 Å². The Balaban J connectivity index is 2.39. The molecule has 0 fully saturated rings. The summed E-state index contributed by atoms with van der Waals surface area (Å²) in [6, 6.07) is 6.48. The molecule has 0 spiro atoms. The quantitative estimate of drug-likeness (QED) is 0.710. The molecule has 0 aliphatic carbocycles. The maximum absolute atomic E-state index is 10.8. The van der Waals surface area contributed by atoms with Gasteiger partial charge in [0.15, 0.2) is 17.5 Å². The van der Waals surface area contributed by atoms with Crippen molar-refractivity contribution in [1.29, 1.82) is 5.26 Å². The number of anilines is 1. The molecule has 0 saturated carbocycles. The van der Waals surface area contributed by atoms with Crippen LogP contribution >= 0.6 is 0 Å². The Morgan fingerprint density at radius 2 is 2.40 bits per heavy atom. The van der Waals surface area contributed by atoms with E-state index in [2.05, 4.69) is 10.3 Å². The predicted octanol–water partition coefficient (Wildman–Crippen LogP) is 1.60. The third-order valence-electron chi connectivity index (χ3n) is 1.85. The molecule has 0 saturated heterocycles. The normalized spacial score (nSPS) is 9.87. The highest BCUT2D eigenvalue weighted by Gasteiger charge is 2.04. The lowest BCUT2D eigenvalue weighted by atomic mass is 10.3. The van der Waals surface area contributed by atoms with Gasteiger partial charge in [-0.1, -0.05) is 0 Å². The number of rotatable bonds is 1. The van der Waals surface area contributed by atoms with Crippen molar-refractivity contribution in [1.82, 2.24) is 4.98 Å². The number of aryl methyl sites for hydroxylation is 1. The van der Waals surface area contributed by atoms with E-state index in [9.17, 15) is 4.79 Å². The van der Waals surface area contributed by atoms with Crippen LogP contribution in [0.1, 0.15) is 5.89 Å². The zero-order valence-electron chi connectivity index (χ0n) is 7.94. The number of benzene rings is 1. The number of carbonyl (C=O) groups is 1. The number of nitriles is 1. The molecular weight excluding hydrogens is 194 g/mol. The van der Waals surface area contributed by atoms with Crippen LogP contribution in [-0.2, 0) is 4.79 Å². The first-order valence-electron chi connectivity index (χ1n) is 4.27. The molecule has 0 unspecified atom stereocenters. The molecule has 0 atom stereocenters. The maximum atomic E-state index is 10.8. The molecule has 0 radical (unpaired) electrons. The summed E-state index contributed by atoms with van der Waals surface area (Å²) in [5.74, 6) is -0.136. The highest BCUT2D eigenvalue weighted by atomic mass is 16.3. The second-order valence-electron chi connectivity index (χ2n) is 2.98. The Bertz CT molecular complexity index is 566. The van der Waals surface area contributed by atoms with E-state index >= 15 is 0 Å². The summed E-state index contributed by atoms with van der Waals surface area (Å²) in [5.41, 5.74) is 1.84. The fourth-order valence-corrected chi connectivity index (χ4v) is 1.28. The van der Waals surface area contributed by atoms with Crippen molar-refractivity contribution >= 4 is 22.7 Å². The molecule has 1 heterocycles. The second kappa shape index (κ2) is 3.42. The summed E-state index contributed by atoms with van der Waals surface area (Å²) < 4.78 is 5.27. The van der Waals surface area contributed by atoms with E-state index in [0.717, 1.165) is 0 Å². The molecule has 1 aromatic carbocycles. The first-order valence-corrected chi connectivity index (χ1v) is 4.27. The van der Waals surface area contributed by atoms with Crippen molar-refractivity contribution in [3.63, 3.8) is 0 Å². The Hall–Kier alpha value is -2.35. The van der Waals surface area contributed by atoms with Crippen molar-refractivity contribution in [3.05, 3.63) is 24.1 Å². The van der Waals surface area contributed by atoms with Crippen molar-refractivity contribution < 1.29 is 9.21 Å². The first-order chi connectivity index (χ1) is 7.19. The van der Waals surface area contributed by atoms with Crippen molar-refractivity contribution in [2.45, 2.75) is 6.92 Å². The molecule has 2 rings (SSSR count). The lowest BCUT2D eigenvalue weighted by molar-refractivity contribution is -0.111. The Labute approximate surface area is 85.3 Å². The van der Waals surface area contributed by atoms with Gasteiger partial charge in [0, 0.05) is 12.6 Å². The monoisotopic (exact) mass is 201 g/mol. The van der Waals surface area contributed by atoms with Crippen LogP contribution in [0.5, 0.6) is 0 Å². The predicted molar refractivity (Wildman–Crippen MR) is 53.0 cm³/mol. The van der Waals surface area contributed by atoms with Crippen molar-refractivity contribution in [3.8, 4) is 6.07 Å². The van der Waals surface area contributed by atoms with Crippen LogP contribution in [-0.4, -0.2) is 10.9 Å². The second-order valence-corrected chi connectivity index (χ2v) is 2.98. The minimum Gasteiger partial charge on any atom is -0.441 e. The standard InChI is InChI=1S/C10H7N3O2/c1-6-12-8-4-7(13-10(14)5-11)2-3-9(8)15-6/h2-4H,1H3,(H,13,14). The van der Waals surface area contributed by atoms with E-state index in [0.29, 0.717) is 22.7 Å². The van der Waals surface area contributed by atoms with Gasteiger partial charge in [-0.3, -0.25) is 4.79 Å². The van der Waals surface area contributed by atoms with Crippen LogP contribution in [0.15, 0.2) is 22.6 Å². The van der Waals surface area contributed by atoms with Gasteiger partial charge in [-0.05, 0) is 18.2 Å². The summed E-state index contributed by atoms with van der Waals surface area (Å²) >= 11 is 0. The number of carbonyl (C=O) groups excluding carboxylic acids is 1. The average molecular weight is 201 g/mol. The van der Waals surface area contributed by atoms with Gasteiger partial charge in [-0.15, -0.1) is 0 Å². The molecule has 2 aromatic rings. The van der Waals surface area contributed by atoms with Crippen LogP contribution in [0.25, 0.3) is 11.1 Å². The van der Waals surface area contributed by atoms with Crippen LogP contribution < -0.4 is 5.32 Å². The number of nitrogens with one attached hydrogen (secondary N) is 1. The van der Waals surface area contributed by atoms with Gasteiger partial charge in [0.25, 0.3) is 0 Å². The summed E-state index contributed by atoms with van der Waals surface area (Å²) in [6.45, 7) is 1.74. The minimum absolute atomic E-state index is 0.530. The highest BCUT2D eigenvalue weighted by Crippen LogP contribution is 2.19. The molecule has 1 amide bonds. The third-order valence-corrected chi connectivity index (χ3v) is 1.85. The number of amides is 1. The van der Waals surface area contributed by atoms with Crippen molar-refractivity contribution in [2.24, 2.45) is 0 Å². The van der Waals surface area contributed by atoms with Gasteiger partial charge in [0.1, 0.15) is 5.52 Å². The Kier molecular flexibility index (Phi) is 2.10. The van der Waals surface area contributed by atoms with Gasteiger partial charge in [0.2, 0.25) is 0 Å². The van der Waals surface area contributed by atoms with Crippen LogP contribution in [0.4, 0.5) is 5.69 Å². The molecule has 0 bridgehead atoms. The molecule has 1 aromatic heterocycles. The SMILES string of the molecule is Cc1nc2cc(NC(=O)C#N)ccc2o1. The zero-order valence-corrected chi connectivity index (χ0v) is 7.94. The first kappa shape index (κ1) is 9.21. The largest absolute Gasteiger partial charge is 0.441 e. The number of oxazole rings is 1. The summed E-state index contributed by atoms with van der Waals surface area (Å²) in [7, 11) is 0. The molecule has 5 heteroatoms. The molecule has 15 heavy (non-hydrogen) atoms. The Morgan fingerprint density at radius 3 is 3.13 bits per heavy atom. The van der Waals surface area contributed by atoms with Gasteiger partial charge in [-0.2, -0.15) is 5.26 Å². The smallest absolute Gasteiger partial charge is 0.326 e. The van der Waals surface area contributed by atoms with E-state index in [1.165, 1.54) is 6.07 Å². The van der Waals surface area contributed by atoms with E-state index < -0.39 is 5.91 Å². The Morgan fingerprint density at radius 1 is 1.60 bits per heavy atom. The number of nitrogens with zero attached hydrogens (tertiary/aromatic N) is 2. The van der Waals surface area contributed by atoms with E-state index in [1.54, 1.807) is 25.1 Å². The number of fused-ring (bicyclic) bond motifs is 1. The van der Waals surface area contributed by atoms with Crippen LogP contribution in [0, 0.1) is 18.3 Å². The topological polar surface area (TPSA) is 78.9 Å². The zero-order chi connectivity index (χ0) is 10.8. The molecule has 74 valence electrons. The van der Waals surface area contributed by atoms with Crippen molar-refractivity contribution in [2.75, 3.05) is 5.32 Å². The van der Waals surface area contributed by atoms with Gasteiger partial charge < -0.3 is 9.73 Å². The summed E-state index contributed by atoms with van der Waals surface area (Å²) in [5, 5.41) is 10.7. The summed E-state index contributed by atoms with van der Waals surface area (Å²) in [4.78, 5) is 14.9. The van der Waals surface area contributed by atoms with Crippen LogP contribution in [0.3, 0.4) is 0 Å². The van der Waals surface area contributed by atoms with Crippen LogP contribution in [0.2, 0.25) is 0 Å². The number of aromatic nitrogens is 1. The minimum atomic E-state index is -0.699. The fraction of sp³-hybridized carbons (Fsp3) is 0.100. The molecule has 0 aliphatic heterocycles. The highest BCUT2D eigenvalue weighted by molar-refractivity contribution is 6.03. The number of hydrogen-bond acceptors (Lipinski definition) is 4. The van der Waals surface area contributed by atoms with Gasteiger partial charge >= 0.3 is 5.91 Å². The van der Waals surface area contributed by atoms with E-state index in [4.69, 9.17) is 9.68 Å². The maximum Gasteiger partial charge on any atom is 0.326 e. The van der Waals surface area contributed by atoms with Gasteiger partial charge in [0.05, 0.1) is 0 Å². The molecule has 0 aliphatic rings. The molecule has 5 nitrogen and oxygen atoms in total. The van der Waals surface area contributed by atoms with E-state index in [-0.39, 0.29) is 0 Å². The van der Waals surface area contributed by atoms with E-state index in [1.807, 2.05) is 0 Å². The fourth-order valence-electron chi connectivity index (χ4n) is 1.28. The third kappa shape index (κ3) is 1.79. The summed E-state index contributed by atoms with van der Waals surface area (Å²) in [6.07, 6.45) is 0. The number of hydrogen-bond donors (Lipinski definition) is 1. The molecular formula is C10H7N3O2. The molecule has 1 N–H and O–H groups in total. The lowest BCUT2D eigenvalue weighted by Crippen LogP contribution is -2.07. The average Bonchev–Trinajstić information content (AvgIpc) is 2.57. The lowest BCUT2D eigenvalue weighted by Gasteiger charge is -1.97.